The summed E-state index contributed by atoms with van der Waals surface area (Å²) in [5, 5.41) is 2.81. The molecular weight excluding hydrogens is 234 g/mol. The third kappa shape index (κ3) is 3.32. The van der Waals surface area contributed by atoms with Gasteiger partial charge in [-0.05, 0) is 31.0 Å². The first-order valence-electron chi connectivity index (χ1n) is 6.27. The zero-order valence-corrected chi connectivity index (χ0v) is 11.2. The summed E-state index contributed by atoms with van der Waals surface area (Å²) in [6.07, 6.45) is 1.73. The second-order valence-electron chi connectivity index (χ2n) is 4.61. The third-order valence-electron chi connectivity index (χ3n) is 2.75. The highest BCUT2D eigenvalue weighted by molar-refractivity contribution is 6.01. The first kappa shape index (κ1) is 13.1. The van der Waals surface area contributed by atoms with Gasteiger partial charge in [0, 0.05) is 11.8 Å². The van der Waals surface area contributed by atoms with Gasteiger partial charge in [-0.1, -0.05) is 54.1 Å². The number of nitrogens with one attached hydrogen (secondary N) is 1. The molecule has 0 aliphatic rings. The molecule has 0 atom stereocenters. The van der Waals surface area contributed by atoms with Crippen molar-refractivity contribution in [2.24, 2.45) is 0 Å². The van der Waals surface area contributed by atoms with E-state index in [0.717, 1.165) is 16.7 Å². The van der Waals surface area contributed by atoms with Crippen LogP contribution in [0.2, 0.25) is 0 Å². The van der Waals surface area contributed by atoms with Gasteiger partial charge in [0.1, 0.15) is 0 Å². The Morgan fingerprint density at radius 1 is 0.947 bits per heavy atom. The van der Waals surface area contributed by atoms with Gasteiger partial charge in [0.25, 0.3) is 5.91 Å². The summed E-state index contributed by atoms with van der Waals surface area (Å²) in [6.45, 7) is 3.90. The Labute approximate surface area is 113 Å². The molecular formula is C17H17NO. The van der Waals surface area contributed by atoms with Crippen LogP contribution in [0.3, 0.4) is 0 Å². The molecule has 0 saturated heterocycles. The highest BCUT2D eigenvalue weighted by atomic mass is 16.1. The van der Waals surface area contributed by atoms with E-state index in [4.69, 9.17) is 0 Å². The van der Waals surface area contributed by atoms with Crippen molar-refractivity contribution in [1.29, 1.82) is 0 Å². The number of carbonyl (C=O) groups is 1. The minimum Gasteiger partial charge on any atom is -0.329 e. The van der Waals surface area contributed by atoms with E-state index in [1.807, 2.05) is 68.4 Å². The number of amides is 1. The van der Waals surface area contributed by atoms with Gasteiger partial charge in [-0.25, -0.2) is 0 Å². The standard InChI is InChI=1S/C17H17NO/c1-13(2)12-18-17(19)16-11-7-6-10-15(16)14-8-4-3-5-9-14/h3-12H,1-2H3,(H,18,19). The molecule has 0 heterocycles. The predicted octanol–water partition coefficient (Wildman–Crippen LogP) is 4.01. The van der Waals surface area contributed by atoms with Crippen molar-refractivity contribution in [3.05, 3.63) is 71.9 Å². The maximum Gasteiger partial charge on any atom is 0.255 e. The van der Waals surface area contributed by atoms with Gasteiger partial charge in [0.05, 0.1) is 0 Å². The van der Waals surface area contributed by atoms with Crippen molar-refractivity contribution >= 4 is 5.91 Å². The molecule has 0 unspecified atom stereocenters. The molecule has 0 spiro atoms. The topological polar surface area (TPSA) is 29.1 Å². The van der Waals surface area contributed by atoms with Crippen LogP contribution in [-0.4, -0.2) is 5.91 Å². The van der Waals surface area contributed by atoms with Crippen molar-refractivity contribution in [3.63, 3.8) is 0 Å². The van der Waals surface area contributed by atoms with Crippen LogP contribution < -0.4 is 5.32 Å². The summed E-state index contributed by atoms with van der Waals surface area (Å²) in [5.74, 6) is -0.0827. The second-order valence-corrected chi connectivity index (χ2v) is 4.61. The van der Waals surface area contributed by atoms with Crippen LogP contribution in [0.1, 0.15) is 24.2 Å². The Morgan fingerprint density at radius 2 is 1.58 bits per heavy atom. The Kier molecular flexibility index (Phi) is 4.14. The number of hydrogen-bond donors (Lipinski definition) is 1. The minimum atomic E-state index is -0.0827. The zero-order valence-electron chi connectivity index (χ0n) is 11.2. The van der Waals surface area contributed by atoms with Gasteiger partial charge in [-0.15, -0.1) is 0 Å². The highest BCUT2D eigenvalue weighted by Gasteiger charge is 2.10. The van der Waals surface area contributed by atoms with Gasteiger partial charge < -0.3 is 5.32 Å². The van der Waals surface area contributed by atoms with Crippen LogP contribution in [0.5, 0.6) is 0 Å². The van der Waals surface area contributed by atoms with Crippen molar-refractivity contribution in [3.8, 4) is 11.1 Å². The lowest BCUT2D eigenvalue weighted by Gasteiger charge is -2.08. The molecule has 2 nitrogen and oxygen atoms in total. The van der Waals surface area contributed by atoms with Gasteiger partial charge in [-0.2, -0.15) is 0 Å². The molecule has 2 aromatic carbocycles. The van der Waals surface area contributed by atoms with Crippen LogP contribution in [0.25, 0.3) is 11.1 Å². The number of carbonyl (C=O) groups excluding carboxylic acids is 1. The number of allylic oxidation sites excluding steroid dienone is 1. The first-order chi connectivity index (χ1) is 9.18. The summed E-state index contributed by atoms with van der Waals surface area (Å²) in [7, 11) is 0. The van der Waals surface area contributed by atoms with E-state index in [-0.39, 0.29) is 5.91 Å². The summed E-state index contributed by atoms with van der Waals surface area (Å²) in [4.78, 5) is 12.2. The van der Waals surface area contributed by atoms with E-state index >= 15 is 0 Å². The van der Waals surface area contributed by atoms with E-state index in [1.165, 1.54) is 0 Å². The van der Waals surface area contributed by atoms with E-state index in [1.54, 1.807) is 6.20 Å². The number of hydrogen-bond acceptors (Lipinski definition) is 1. The van der Waals surface area contributed by atoms with Crippen LogP contribution in [0.15, 0.2) is 66.4 Å². The molecule has 1 amide bonds. The lowest BCUT2D eigenvalue weighted by Crippen LogP contribution is -2.18. The number of rotatable bonds is 3. The molecule has 0 bridgehead atoms. The van der Waals surface area contributed by atoms with E-state index in [0.29, 0.717) is 5.56 Å². The molecule has 0 saturated carbocycles. The molecule has 0 aliphatic carbocycles. The fourth-order valence-corrected chi connectivity index (χ4v) is 1.84. The first-order valence-corrected chi connectivity index (χ1v) is 6.27. The molecule has 1 N–H and O–H groups in total. The Balaban J connectivity index is 2.37. The highest BCUT2D eigenvalue weighted by Crippen LogP contribution is 2.23. The average molecular weight is 251 g/mol. The second kappa shape index (κ2) is 6.01. The average Bonchev–Trinajstić information content (AvgIpc) is 2.45. The fourth-order valence-electron chi connectivity index (χ4n) is 1.84. The van der Waals surface area contributed by atoms with Gasteiger partial charge >= 0.3 is 0 Å². The van der Waals surface area contributed by atoms with Crippen molar-refractivity contribution in [1.82, 2.24) is 5.32 Å². The van der Waals surface area contributed by atoms with Crippen molar-refractivity contribution < 1.29 is 4.79 Å². The Bertz CT molecular complexity index is 596. The number of benzene rings is 2. The summed E-state index contributed by atoms with van der Waals surface area (Å²) in [5.41, 5.74) is 3.74. The predicted molar refractivity (Wildman–Crippen MR) is 78.8 cm³/mol. The van der Waals surface area contributed by atoms with Crippen LogP contribution in [-0.2, 0) is 0 Å². The fraction of sp³-hybridized carbons (Fsp3) is 0.118. The molecule has 0 aromatic heterocycles. The van der Waals surface area contributed by atoms with E-state index < -0.39 is 0 Å². The largest absolute Gasteiger partial charge is 0.329 e. The minimum absolute atomic E-state index is 0.0827. The van der Waals surface area contributed by atoms with Crippen LogP contribution >= 0.6 is 0 Å². The quantitative estimate of drug-likeness (QED) is 0.877. The third-order valence-corrected chi connectivity index (χ3v) is 2.75. The van der Waals surface area contributed by atoms with E-state index in [2.05, 4.69) is 5.32 Å². The zero-order chi connectivity index (χ0) is 13.7. The summed E-state index contributed by atoms with van der Waals surface area (Å²) < 4.78 is 0. The molecule has 2 rings (SSSR count). The molecule has 2 heteroatoms. The Hall–Kier alpha value is -2.35. The summed E-state index contributed by atoms with van der Waals surface area (Å²) in [6, 6.07) is 17.6. The molecule has 2 aromatic rings. The lowest BCUT2D eigenvalue weighted by molar-refractivity contribution is 0.0970. The molecule has 19 heavy (non-hydrogen) atoms. The molecule has 0 aliphatic heterocycles. The molecule has 0 radical (unpaired) electrons. The van der Waals surface area contributed by atoms with Crippen LogP contribution in [0.4, 0.5) is 0 Å². The lowest BCUT2D eigenvalue weighted by atomic mass is 9.99. The maximum atomic E-state index is 12.2. The Morgan fingerprint density at radius 3 is 2.26 bits per heavy atom. The van der Waals surface area contributed by atoms with Gasteiger partial charge in [0.2, 0.25) is 0 Å². The smallest absolute Gasteiger partial charge is 0.255 e. The van der Waals surface area contributed by atoms with Gasteiger partial charge in [-0.3, -0.25) is 4.79 Å². The molecule has 96 valence electrons. The normalized spacial score (nSPS) is 9.79. The van der Waals surface area contributed by atoms with E-state index in [9.17, 15) is 4.79 Å². The van der Waals surface area contributed by atoms with Gasteiger partial charge in [0.15, 0.2) is 0 Å². The SMILES string of the molecule is CC(C)=CNC(=O)c1ccccc1-c1ccccc1. The summed E-state index contributed by atoms with van der Waals surface area (Å²) >= 11 is 0. The van der Waals surface area contributed by atoms with Crippen molar-refractivity contribution in [2.75, 3.05) is 0 Å². The molecule has 0 fully saturated rings. The maximum absolute atomic E-state index is 12.2. The monoisotopic (exact) mass is 251 g/mol. The van der Waals surface area contributed by atoms with Crippen molar-refractivity contribution in [2.45, 2.75) is 13.8 Å². The van der Waals surface area contributed by atoms with Crippen LogP contribution in [0, 0.1) is 0 Å².